The average molecular weight is 649 g/mol. The second-order valence-electron chi connectivity index (χ2n) is 10.5. The van der Waals surface area contributed by atoms with E-state index in [1.807, 2.05) is 26.1 Å². The highest BCUT2D eigenvalue weighted by atomic mass is 79.9. The quantitative estimate of drug-likeness (QED) is 0.129. The lowest BCUT2D eigenvalue weighted by Crippen LogP contribution is -2.24. The van der Waals surface area contributed by atoms with Gasteiger partial charge in [-0.2, -0.15) is 0 Å². The van der Waals surface area contributed by atoms with Crippen molar-refractivity contribution in [1.29, 1.82) is 0 Å². The maximum Gasteiger partial charge on any atom is 0.0513 e. The van der Waals surface area contributed by atoms with E-state index in [0.29, 0.717) is 18.5 Å². The number of benzene rings is 1. The number of hydrogen-bond donors (Lipinski definition) is 2. The van der Waals surface area contributed by atoms with Gasteiger partial charge >= 0.3 is 0 Å². The van der Waals surface area contributed by atoms with Crippen molar-refractivity contribution in [1.82, 2.24) is 10.3 Å². The molecule has 0 saturated heterocycles. The molecule has 2 unspecified atom stereocenters. The minimum absolute atomic E-state index is 0.361. The fourth-order valence-corrected chi connectivity index (χ4v) is 6.95. The average Bonchev–Trinajstić information content (AvgIpc) is 3.12. The van der Waals surface area contributed by atoms with Crippen LogP contribution in [0.5, 0.6) is 0 Å². The lowest BCUT2D eigenvalue weighted by atomic mass is 9.77. The summed E-state index contributed by atoms with van der Waals surface area (Å²) >= 11 is 10.2. The Balaban J connectivity index is 0.000000847. The van der Waals surface area contributed by atoms with Gasteiger partial charge in [-0.15, -0.1) is 19.7 Å². The Kier molecular flexibility index (Phi) is 23.2. The summed E-state index contributed by atoms with van der Waals surface area (Å²) in [5, 5.41) is 3.96. The molecule has 41 heavy (non-hydrogen) atoms. The first kappa shape index (κ1) is 39.5. The largest absolute Gasteiger partial charge is 0.318 e. The Labute approximate surface area is 267 Å². The Morgan fingerprint density at radius 3 is 2.20 bits per heavy atom. The van der Waals surface area contributed by atoms with Crippen LogP contribution < -0.4 is 11.1 Å². The first-order chi connectivity index (χ1) is 19.9. The summed E-state index contributed by atoms with van der Waals surface area (Å²) in [6, 6.07) is 6.57. The molecule has 232 valence electrons. The van der Waals surface area contributed by atoms with Gasteiger partial charge in [-0.1, -0.05) is 100.0 Å². The number of allylic oxidation sites excluding steroid dienone is 1. The van der Waals surface area contributed by atoms with Crippen LogP contribution in [0.15, 0.2) is 54.7 Å². The van der Waals surface area contributed by atoms with Crippen molar-refractivity contribution in [3.63, 3.8) is 0 Å². The Bertz CT molecular complexity index is 972. The molecule has 2 atom stereocenters. The van der Waals surface area contributed by atoms with Crippen molar-refractivity contribution in [2.45, 2.75) is 112 Å². The van der Waals surface area contributed by atoms with E-state index in [9.17, 15) is 0 Å². The van der Waals surface area contributed by atoms with Crippen LogP contribution in [0.4, 0.5) is 0 Å². The lowest BCUT2D eigenvalue weighted by molar-refractivity contribution is 0.389. The van der Waals surface area contributed by atoms with E-state index in [2.05, 4.69) is 86.9 Å². The molecule has 1 heterocycles. The number of nitrogens with zero attached hydrogens (tertiary/aromatic N) is 1. The summed E-state index contributed by atoms with van der Waals surface area (Å²) in [4.78, 5) is 4.95. The summed E-state index contributed by atoms with van der Waals surface area (Å²) in [6.07, 6.45) is 16.0. The number of aryl methyl sites for hydroxylation is 3. The molecule has 1 aromatic heterocycles. The number of halogens is 2. The van der Waals surface area contributed by atoms with Crippen molar-refractivity contribution in [3.05, 3.63) is 87.7 Å². The molecule has 1 aromatic carbocycles. The smallest absolute Gasteiger partial charge is 0.0513 e. The van der Waals surface area contributed by atoms with Crippen LogP contribution in [0.25, 0.3) is 0 Å². The zero-order valence-corrected chi connectivity index (χ0v) is 29.3. The molecular formula is C36H59BrClN3. The summed E-state index contributed by atoms with van der Waals surface area (Å²) in [5.74, 6) is 1.78. The van der Waals surface area contributed by atoms with Gasteiger partial charge in [-0.25, -0.2) is 0 Å². The highest BCUT2D eigenvalue weighted by molar-refractivity contribution is 9.10. The summed E-state index contributed by atoms with van der Waals surface area (Å²) in [7, 11) is 0. The van der Waals surface area contributed by atoms with Crippen LogP contribution in [0.2, 0.25) is 5.02 Å². The zero-order chi connectivity index (χ0) is 31.2. The molecule has 1 aliphatic carbocycles. The van der Waals surface area contributed by atoms with Crippen LogP contribution in [0.3, 0.4) is 0 Å². The van der Waals surface area contributed by atoms with Crippen LogP contribution in [0, 0.1) is 18.8 Å². The molecule has 3 N–H and O–H groups in total. The van der Waals surface area contributed by atoms with E-state index >= 15 is 0 Å². The number of nitrogens with two attached hydrogens (primary N) is 1. The van der Waals surface area contributed by atoms with Gasteiger partial charge < -0.3 is 11.1 Å². The Morgan fingerprint density at radius 1 is 1.02 bits per heavy atom. The zero-order valence-electron chi connectivity index (χ0n) is 27.0. The van der Waals surface area contributed by atoms with Gasteiger partial charge in [0.05, 0.1) is 5.69 Å². The predicted molar refractivity (Wildman–Crippen MR) is 188 cm³/mol. The summed E-state index contributed by atoms with van der Waals surface area (Å²) in [6.45, 7) is 24.3. The third kappa shape index (κ3) is 13.6. The molecule has 2 aromatic rings. The number of aromatic nitrogens is 1. The fraction of sp³-hybridized carbons (Fsp3) is 0.583. The molecule has 0 fully saturated rings. The van der Waals surface area contributed by atoms with Gasteiger partial charge in [-0.05, 0) is 98.2 Å². The van der Waals surface area contributed by atoms with E-state index < -0.39 is 0 Å². The molecule has 0 radical (unpaired) electrons. The maximum absolute atomic E-state index is 6.38. The van der Waals surface area contributed by atoms with Crippen LogP contribution in [-0.4, -0.2) is 18.2 Å². The lowest BCUT2D eigenvalue weighted by Gasteiger charge is -2.29. The molecule has 3 nitrogen and oxygen atoms in total. The second kappa shape index (κ2) is 24.0. The molecule has 1 aliphatic rings. The van der Waals surface area contributed by atoms with E-state index in [-0.39, 0.29) is 0 Å². The molecule has 0 bridgehead atoms. The summed E-state index contributed by atoms with van der Waals surface area (Å²) < 4.78 is 1.15. The van der Waals surface area contributed by atoms with E-state index in [4.69, 9.17) is 22.3 Å². The third-order valence-corrected chi connectivity index (χ3v) is 8.32. The monoisotopic (exact) mass is 647 g/mol. The standard InChI is InChI=1S/C22H27BrClN.C10H22N2.C2H6.C2H4/c1-4-6-15(7-5-2)21-20-16(11-18(24)12-19(20)23)8-9-17-10-14(3)13-25-22(17)21;1-3-5-10(6-4-2)7-8-12-9-11;2*1-2/h10-13,15,21H,4-9H2,1-3H3;3,10,12H,1,4-9,11H2,2H3;1-2H3;1-2H2. The molecule has 3 rings (SSSR count). The molecule has 0 spiro atoms. The van der Waals surface area contributed by atoms with E-state index in [1.165, 1.54) is 72.9 Å². The number of fused-ring (bicyclic) bond motifs is 2. The molecular weight excluding hydrogens is 590 g/mol. The first-order valence-electron chi connectivity index (χ1n) is 15.8. The van der Waals surface area contributed by atoms with Crippen molar-refractivity contribution < 1.29 is 0 Å². The Hall–Kier alpha value is -1.46. The van der Waals surface area contributed by atoms with Crippen LogP contribution in [-0.2, 0) is 12.8 Å². The number of pyridine rings is 1. The van der Waals surface area contributed by atoms with Crippen LogP contribution >= 0.6 is 27.5 Å². The molecule has 0 saturated carbocycles. The van der Waals surface area contributed by atoms with Gasteiger partial charge in [0, 0.05) is 28.3 Å². The molecule has 0 aliphatic heterocycles. The number of rotatable bonds is 13. The van der Waals surface area contributed by atoms with Gasteiger partial charge in [0.2, 0.25) is 0 Å². The van der Waals surface area contributed by atoms with Crippen LogP contribution in [0.1, 0.15) is 120 Å². The van der Waals surface area contributed by atoms with E-state index in [0.717, 1.165) is 41.2 Å². The highest BCUT2D eigenvalue weighted by Crippen LogP contribution is 2.45. The normalized spacial score (nSPS) is 14.0. The fourth-order valence-electron chi connectivity index (χ4n) is 5.83. The van der Waals surface area contributed by atoms with Gasteiger partial charge in [0.15, 0.2) is 0 Å². The van der Waals surface area contributed by atoms with E-state index in [1.54, 1.807) is 0 Å². The minimum atomic E-state index is 0.361. The summed E-state index contributed by atoms with van der Waals surface area (Å²) in [5.41, 5.74) is 12.1. The van der Waals surface area contributed by atoms with Crippen molar-refractivity contribution in [3.8, 4) is 0 Å². The number of hydrogen-bond acceptors (Lipinski definition) is 3. The number of nitrogens with one attached hydrogen (secondary N) is 1. The third-order valence-electron chi connectivity index (χ3n) is 7.45. The predicted octanol–water partition coefficient (Wildman–Crippen LogP) is 11.0. The first-order valence-corrected chi connectivity index (χ1v) is 17.0. The molecule has 0 amide bonds. The van der Waals surface area contributed by atoms with Gasteiger partial charge in [0.1, 0.15) is 0 Å². The molecule has 5 heteroatoms. The highest BCUT2D eigenvalue weighted by Gasteiger charge is 2.32. The maximum atomic E-state index is 6.38. The van der Waals surface area contributed by atoms with Crippen molar-refractivity contribution >= 4 is 27.5 Å². The van der Waals surface area contributed by atoms with Gasteiger partial charge in [0.25, 0.3) is 0 Å². The minimum Gasteiger partial charge on any atom is -0.318 e. The Morgan fingerprint density at radius 2 is 1.63 bits per heavy atom. The second-order valence-corrected chi connectivity index (χ2v) is 11.8. The van der Waals surface area contributed by atoms with Gasteiger partial charge in [-0.3, -0.25) is 4.98 Å². The SMILES string of the molecule is C=C.C=CCC(CCC)CCNCN.CC.CCCC(CCC)C1c2ncc(C)cc2CCc2cc(Cl)cc(Br)c21. The van der Waals surface area contributed by atoms with Crippen molar-refractivity contribution in [2.75, 3.05) is 13.2 Å². The topological polar surface area (TPSA) is 50.9 Å². The van der Waals surface area contributed by atoms with Crippen molar-refractivity contribution in [2.24, 2.45) is 17.6 Å².